The Morgan fingerprint density at radius 3 is 2.43 bits per heavy atom. The zero-order valence-corrected chi connectivity index (χ0v) is 20.1. The van der Waals surface area contributed by atoms with Crippen LogP contribution in [-0.2, 0) is 16.8 Å². The first kappa shape index (κ1) is 21.8. The van der Waals surface area contributed by atoms with Gasteiger partial charge in [-0.15, -0.1) is 0 Å². The van der Waals surface area contributed by atoms with Crippen LogP contribution in [0.2, 0.25) is 5.02 Å². The molecule has 2 aromatic rings. The summed E-state index contributed by atoms with van der Waals surface area (Å²) in [5, 5.41) is 3.87. The summed E-state index contributed by atoms with van der Waals surface area (Å²) in [5.41, 5.74) is 2.03. The van der Waals surface area contributed by atoms with Gasteiger partial charge < -0.3 is 10.2 Å². The topological polar surface area (TPSA) is 32.3 Å². The highest BCUT2D eigenvalue weighted by Gasteiger charge is 2.43. The summed E-state index contributed by atoms with van der Waals surface area (Å²) in [7, 11) is 2.14. The van der Waals surface area contributed by atoms with Gasteiger partial charge in [0.2, 0.25) is 5.91 Å². The molecular weight excluding hydrogens is 504 g/mol. The molecule has 0 aromatic heterocycles. The molecule has 0 spiro atoms. The maximum Gasteiger partial charge on any atom is 0.223 e. The van der Waals surface area contributed by atoms with Gasteiger partial charge >= 0.3 is 0 Å². The lowest BCUT2D eigenvalue weighted by atomic mass is 9.64. The van der Waals surface area contributed by atoms with Crippen LogP contribution in [0.25, 0.3) is 0 Å². The first-order chi connectivity index (χ1) is 13.3. The molecule has 1 atom stereocenters. The third-order valence-electron chi connectivity index (χ3n) is 5.89. The van der Waals surface area contributed by atoms with Gasteiger partial charge in [-0.1, -0.05) is 62.5 Å². The predicted octanol–water partition coefficient (Wildman–Crippen LogP) is 5.78. The fourth-order valence-corrected chi connectivity index (χ4v) is 5.67. The molecule has 1 heterocycles. The lowest BCUT2D eigenvalue weighted by Crippen LogP contribution is -2.49. The van der Waals surface area contributed by atoms with Crippen molar-refractivity contribution in [2.75, 3.05) is 20.1 Å². The van der Waals surface area contributed by atoms with Crippen molar-refractivity contribution in [3.05, 3.63) is 67.6 Å². The van der Waals surface area contributed by atoms with Crippen LogP contribution in [0.4, 0.5) is 0 Å². The van der Waals surface area contributed by atoms with Gasteiger partial charge in [-0.2, -0.15) is 0 Å². The molecule has 1 unspecified atom stereocenters. The van der Waals surface area contributed by atoms with Crippen LogP contribution in [0.15, 0.2) is 51.4 Å². The van der Waals surface area contributed by atoms with Crippen molar-refractivity contribution < 1.29 is 4.79 Å². The third-order valence-corrected chi connectivity index (χ3v) is 7.04. The standard InChI is InChI=1S/C22H25Br2ClN2O/c1-15(21(28)26-14-16-10-18(23)13-19(24)11-16)22(6-8-27(2)9-7-22)17-4-3-5-20(25)12-17/h3-5,10-13,15H,6-9,14H2,1-2H3,(H,26,28). The minimum absolute atomic E-state index is 0.0839. The second-order valence-electron chi connectivity index (χ2n) is 7.69. The molecule has 1 N–H and O–H groups in total. The average molecular weight is 529 g/mol. The Kier molecular flexibility index (Phi) is 7.24. The molecule has 3 rings (SSSR count). The van der Waals surface area contributed by atoms with Crippen molar-refractivity contribution in [1.82, 2.24) is 10.2 Å². The first-order valence-corrected chi connectivity index (χ1v) is 11.4. The van der Waals surface area contributed by atoms with E-state index >= 15 is 0 Å². The van der Waals surface area contributed by atoms with E-state index in [2.05, 4.69) is 62.1 Å². The smallest absolute Gasteiger partial charge is 0.223 e. The summed E-state index contributed by atoms with van der Waals surface area (Å²) >= 11 is 13.3. The normalized spacial score (nSPS) is 17.9. The fourth-order valence-electron chi connectivity index (χ4n) is 4.09. The third kappa shape index (κ3) is 4.99. The number of halogens is 3. The lowest BCUT2D eigenvalue weighted by Gasteiger charge is -2.44. The Labute approximate surface area is 189 Å². The van der Waals surface area contributed by atoms with Crippen LogP contribution < -0.4 is 5.32 Å². The number of likely N-dealkylation sites (tertiary alicyclic amines) is 1. The monoisotopic (exact) mass is 526 g/mol. The number of nitrogens with one attached hydrogen (secondary N) is 1. The van der Waals surface area contributed by atoms with E-state index < -0.39 is 0 Å². The zero-order valence-electron chi connectivity index (χ0n) is 16.1. The number of benzene rings is 2. The predicted molar refractivity (Wildman–Crippen MR) is 123 cm³/mol. The molecule has 3 nitrogen and oxygen atoms in total. The summed E-state index contributed by atoms with van der Waals surface area (Å²) in [6.07, 6.45) is 1.89. The van der Waals surface area contributed by atoms with Gasteiger partial charge in [-0.3, -0.25) is 4.79 Å². The van der Waals surface area contributed by atoms with Gasteiger partial charge in [-0.25, -0.2) is 0 Å². The van der Waals surface area contributed by atoms with Gasteiger partial charge in [0.15, 0.2) is 0 Å². The molecule has 1 aliphatic rings. The largest absolute Gasteiger partial charge is 0.352 e. The van der Waals surface area contributed by atoms with Crippen LogP contribution in [0.3, 0.4) is 0 Å². The average Bonchev–Trinajstić information content (AvgIpc) is 2.65. The number of carbonyl (C=O) groups excluding carboxylic acids is 1. The zero-order chi connectivity index (χ0) is 20.3. The van der Waals surface area contributed by atoms with Gasteiger partial charge in [0, 0.05) is 31.8 Å². The molecule has 0 bridgehead atoms. The second-order valence-corrected chi connectivity index (χ2v) is 9.95. The quantitative estimate of drug-likeness (QED) is 0.534. The SMILES string of the molecule is CC(C(=O)NCc1cc(Br)cc(Br)c1)C1(c2cccc(Cl)c2)CCN(C)CC1. The highest BCUT2D eigenvalue weighted by atomic mass is 79.9. The van der Waals surface area contributed by atoms with Gasteiger partial charge in [0.1, 0.15) is 0 Å². The van der Waals surface area contributed by atoms with Gasteiger partial charge in [0.25, 0.3) is 0 Å². The van der Waals surface area contributed by atoms with E-state index in [-0.39, 0.29) is 17.2 Å². The summed E-state index contributed by atoms with van der Waals surface area (Å²) in [6, 6.07) is 14.1. The molecule has 2 aromatic carbocycles. The van der Waals surface area contributed by atoms with Crippen LogP contribution >= 0.6 is 43.5 Å². The number of hydrogen-bond acceptors (Lipinski definition) is 2. The molecular formula is C22H25Br2ClN2O. The lowest BCUT2D eigenvalue weighted by molar-refractivity contribution is -0.127. The van der Waals surface area contributed by atoms with Gasteiger partial charge in [0.05, 0.1) is 0 Å². The highest BCUT2D eigenvalue weighted by molar-refractivity contribution is 9.11. The number of nitrogens with zero attached hydrogens (tertiary/aromatic N) is 1. The maximum absolute atomic E-state index is 13.1. The molecule has 1 fully saturated rings. The Hall–Kier alpha value is -0.880. The molecule has 150 valence electrons. The molecule has 0 saturated carbocycles. The molecule has 28 heavy (non-hydrogen) atoms. The van der Waals surface area contributed by atoms with Gasteiger partial charge in [-0.05, 0) is 74.4 Å². The van der Waals surface area contributed by atoms with Crippen molar-refractivity contribution >= 4 is 49.4 Å². The van der Waals surface area contributed by atoms with E-state index in [0.717, 1.165) is 45.5 Å². The Morgan fingerprint density at radius 2 is 1.82 bits per heavy atom. The van der Waals surface area contributed by atoms with E-state index in [9.17, 15) is 4.79 Å². The Bertz CT molecular complexity index is 830. The van der Waals surface area contributed by atoms with E-state index in [1.165, 1.54) is 5.56 Å². The molecule has 1 amide bonds. The molecule has 6 heteroatoms. The fraction of sp³-hybridized carbons (Fsp3) is 0.409. The molecule has 1 saturated heterocycles. The Morgan fingerprint density at radius 1 is 1.18 bits per heavy atom. The van der Waals surface area contributed by atoms with Crippen molar-refractivity contribution in [3.8, 4) is 0 Å². The number of piperidine rings is 1. The van der Waals surface area contributed by atoms with E-state index in [1.54, 1.807) is 0 Å². The number of carbonyl (C=O) groups is 1. The molecule has 1 aliphatic heterocycles. The minimum atomic E-state index is -0.195. The van der Waals surface area contributed by atoms with Crippen molar-refractivity contribution in [2.45, 2.75) is 31.7 Å². The maximum atomic E-state index is 13.1. The van der Waals surface area contributed by atoms with Crippen molar-refractivity contribution in [2.24, 2.45) is 5.92 Å². The van der Waals surface area contributed by atoms with E-state index in [1.807, 2.05) is 36.4 Å². The Balaban J connectivity index is 1.80. The van der Waals surface area contributed by atoms with Crippen LogP contribution in [0, 0.1) is 5.92 Å². The van der Waals surface area contributed by atoms with Crippen LogP contribution in [0.5, 0.6) is 0 Å². The molecule has 0 aliphatic carbocycles. The van der Waals surface area contributed by atoms with Crippen molar-refractivity contribution in [1.29, 1.82) is 0 Å². The van der Waals surface area contributed by atoms with Crippen LogP contribution in [0.1, 0.15) is 30.9 Å². The summed E-state index contributed by atoms with van der Waals surface area (Å²) in [6.45, 7) is 4.51. The summed E-state index contributed by atoms with van der Waals surface area (Å²) in [4.78, 5) is 15.5. The van der Waals surface area contributed by atoms with Crippen molar-refractivity contribution in [3.63, 3.8) is 0 Å². The van der Waals surface area contributed by atoms with Crippen LogP contribution in [-0.4, -0.2) is 30.9 Å². The molecule has 0 radical (unpaired) electrons. The summed E-state index contributed by atoms with van der Waals surface area (Å²) in [5.74, 6) is -0.0594. The number of rotatable bonds is 5. The number of hydrogen-bond donors (Lipinski definition) is 1. The number of amides is 1. The summed E-state index contributed by atoms with van der Waals surface area (Å²) < 4.78 is 1.98. The minimum Gasteiger partial charge on any atom is -0.352 e. The van der Waals surface area contributed by atoms with E-state index in [0.29, 0.717) is 6.54 Å². The van der Waals surface area contributed by atoms with E-state index in [4.69, 9.17) is 11.6 Å². The first-order valence-electron chi connectivity index (χ1n) is 9.47. The highest BCUT2D eigenvalue weighted by Crippen LogP contribution is 2.42. The second kappa shape index (κ2) is 9.29.